The number of rotatable bonds is 4. The van der Waals surface area contributed by atoms with E-state index in [4.69, 9.17) is 5.11 Å². The first-order chi connectivity index (χ1) is 7.54. The summed E-state index contributed by atoms with van der Waals surface area (Å²) in [5.74, 6) is 0.383. The molecule has 0 aromatic carbocycles. The molecule has 4 nitrogen and oxygen atoms in total. The van der Waals surface area contributed by atoms with Gasteiger partial charge in [-0.1, -0.05) is 6.92 Å². The quantitative estimate of drug-likeness (QED) is 0.708. The number of piperidine rings is 1. The zero-order valence-electron chi connectivity index (χ0n) is 10.9. The summed E-state index contributed by atoms with van der Waals surface area (Å²) in [7, 11) is 0. The molecule has 1 heterocycles. The minimum atomic E-state index is 0. The van der Waals surface area contributed by atoms with Gasteiger partial charge in [-0.3, -0.25) is 4.79 Å². The van der Waals surface area contributed by atoms with Crippen molar-refractivity contribution in [3.05, 3.63) is 0 Å². The van der Waals surface area contributed by atoms with Crippen molar-refractivity contribution in [1.29, 1.82) is 0 Å². The predicted octanol–water partition coefficient (Wildman–Crippen LogP) is 0.929. The molecule has 0 radical (unpaired) electrons. The number of aliphatic hydroxyl groups is 1. The summed E-state index contributed by atoms with van der Waals surface area (Å²) in [6, 6.07) is 0.470. The maximum absolute atomic E-state index is 12.0. The molecule has 0 saturated carbocycles. The van der Waals surface area contributed by atoms with Crippen LogP contribution in [0.1, 0.15) is 33.6 Å². The smallest absolute Gasteiger partial charge is 0.223 e. The van der Waals surface area contributed by atoms with Crippen molar-refractivity contribution in [2.45, 2.75) is 45.7 Å². The molecule has 0 aromatic rings. The van der Waals surface area contributed by atoms with Crippen molar-refractivity contribution in [3.8, 4) is 0 Å². The van der Waals surface area contributed by atoms with Crippen LogP contribution in [0, 0.1) is 11.8 Å². The lowest BCUT2D eigenvalue weighted by Crippen LogP contribution is -2.46. The van der Waals surface area contributed by atoms with Crippen LogP contribution < -0.4 is 10.6 Å². The molecule has 0 aromatic heterocycles. The van der Waals surface area contributed by atoms with Gasteiger partial charge in [0.1, 0.15) is 0 Å². The fourth-order valence-electron chi connectivity index (χ4n) is 2.01. The molecule has 17 heavy (non-hydrogen) atoms. The van der Waals surface area contributed by atoms with E-state index in [0.29, 0.717) is 6.04 Å². The van der Waals surface area contributed by atoms with E-state index in [0.717, 1.165) is 19.4 Å². The van der Waals surface area contributed by atoms with Gasteiger partial charge < -0.3 is 15.7 Å². The predicted molar refractivity (Wildman–Crippen MR) is 71.3 cm³/mol. The SMILES string of the molecule is CC(CO)C(C)NC(=O)[C@H]1CCN[C@@H](C)C1.Cl. The van der Waals surface area contributed by atoms with Crippen LogP contribution in [0.3, 0.4) is 0 Å². The average Bonchev–Trinajstić information content (AvgIpc) is 2.27. The van der Waals surface area contributed by atoms with E-state index in [1.54, 1.807) is 0 Å². The molecule has 0 spiro atoms. The van der Waals surface area contributed by atoms with Crippen LogP contribution in [0.2, 0.25) is 0 Å². The second-order valence-corrected chi connectivity index (χ2v) is 5.03. The molecule has 2 unspecified atom stereocenters. The van der Waals surface area contributed by atoms with Crippen molar-refractivity contribution in [2.75, 3.05) is 13.2 Å². The lowest BCUT2D eigenvalue weighted by molar-refractivity contribution is -0.127. The van der Waals surface area contributed by atoms with Crippen LogP contribution >= 0.6 is 12.4 Å². The van der Waals surface area contributed by atoms with Gasteiger partial charge in [0.2, 0.25) is 5.91 Å². The molecule has 1 aliphatic rings. The Bertz CT molecular complexity index is 239. The summed E-state index contributed by atoms with van der Waals surface area (Å²) >= 11 is 0. The van der Waals surface area contributed by atoms with Gasteiger partial charge in [-0.15, -0.1) is 12.4 Å². The Labute approximate surface area is 110 Å². The largest absolute Gasteiger partial charge is 0.396 e. The monoisotopic (exact) mass is 264 g/mol. The van der Waals surface area contributed by atoms with Crippen molar-refractivity contribution >= 4 is 18.3 Å². The summed E-state index contributed by atoms with van der Waals surface area (Å²) in [5.41, 5.74) is 0. The van der Waals surface area contributed by atoms with Crippen molar-refractivity contribution < 1.29 is 9.90 Å². The highest BCUT2D eigenvalue weighted by atomic mass is 35.5. The first-order valence-electron chi connectivity index (χ1n) is 6.19. The van der Waals surface area contributed by atoms with E-state index >= 15 is 0 Å². The molecular formula is C12H25ClN2O2. The van der Waals surface area contributed by atoms with Gasteiger partial charge in [-0.2, -0.15) is 0 Å². The molecule has 3 N–H and O–H groups in total. The average molecular weight is 265 g/mol. The van der Waals surface area contributed by atoms with E-state index < -0.39 is 0 Å². The molecule has 1 aliphatic heterocycles. The fraction of sp³-hybridized carbons (Fsp3) is 0.917. The maximum atomic E-state index is 12.0. The number of halogens is 1. The van der Waals surface area contributed by atoms with Crippen molar-refractivity contribution in [1.82, 2.24) is 10.6 Å². The van der Waals surface area contributed by atoms with Gasteiger partial charge >= 0.3 is 0 Å². The van der Waals surface area contributed by atoms with Crippen molar-refractivity contribution in [3.63, 3.8) is 0 Å². The molecule has 0 aliphatic carbocycles. The minimum absolute atomic E-state index is 0. The van der Waals surface area contributed by atoms with Crippen LogP contribution in [-0.2, 0) is 4.79 Å². The van der Waals surface area contributed by atoms with Gasteiger partial charge in [0.05, 0.1) is 0 Å². The van der Waals surface area contributed by atoms with E-state index in [-0.39, 0.29) is 42.8 Å². The normalized spacial score (nSPS) is 27.8. The number of hydrogen-bond acceptors (Lipinski definition) is 3. The number of aliphatic hydroxyl groups excluding tert-OH is 1. The number of amides is 1. The van der Waals surface area contributed by atoms with Crippen LogP contribution in [0.25, 0.3) is 0 Å². The van der Waals surface area contributed by atoms with Gasteiger partial charge in [0, 0.05) is 24.6 Å². The van der Waals surface area contributed by atoms with E-state index in [1.807, 2.05) is 13.8 Å². The number of carbonyl (C=O) groups is 1. The highest BCUT2D eigenvalue weighted by Crippen LogP contribution is 2.16. The Balaban J connectivity index is 0.00000256. The topological polar surface area (TPSA) is 61.4 Å². The second kappa shape index (κ2) is 7.90. The molecular weight excluding hydrogens is 240 g/mol. The minimum Gasteiger partial charge on any atom is -0.396 e. The first kappa shape index (κ1) is 16.7. The molecule has 5 heteroatoms. The Morgan fingerprint density at radius 3 is 2.71 bits per heavy atom. The van der Waals surface area contributed by atoms with Gasteiger partial charge in [-0.25, -0.2) is 0 Å². The van der Waals surface area contributed by atoms with Gasteiger partial charge in [0.25, 0.3) is 0 Å². The summed E-state index contributed by atoms with van der Waals surface area (Å²) in [6.45, 7) is 7.03. The number of hydrogen-bond donors (Lipinski definition) is 3. The van der Waals surface area contributed by atoms with Gasteiger partial charge in [0.15, 0.2) is 0 Å². The Morgan fingerprint density at radius 2 is 2.18 bits per heavy atom. The third-order valence-electron chi connectivity index (χ3n) is 3.51. The van der Waals surface area contributed by atoms with Crippen LogP contribution in [0.4, 0.5) is 0 Å². The van der Waals surface area contributed by atoms with Crippen molar-refractivity contribution in [2.24, 2.45) is 11.8 Å². The lowest BCUT2D eigenvalue weighted by atomic mass is 9.92. The zero-order valence-corrected chi connectivity index (χ0v) is 11.7. The molecule has 1 saturated heterocycles. The Kier molecular flexibility index (Phi) is 7.75. The second-order valence-electron chi connectivity index (χ2n) is 5.03. The standard InChI is InChI=1S/C12H24N2O2.ClH/c1-8(7-15)10(3)14-12(16)11-4-5-13-9(2)6-11;/h8-11,13,15H,4-7H2,1-3H3,(H,14,16);1H/t8?,9-,10?,11-;/m0./s1. The van der Waals surface area contributed by atoms with Crippen LogP contribution in [0.15, 0.2) is 0 Å². The molecule has 0 bridgehead atoms. The highest BCUT2D eigenvalue weighted by Gasteiger charge is 2.26. The molecule has 102 valence electrons. The van der Waals surface area contributed by atoms with E-state index in [9.17, 15) is 4.79 Å². The molecule has 1 fully saturated rings. The molecule has 1 rings (SSSR count). The first-order valence-corrected chi connectivity index (χ1v) is 6.19. The summed E-state index contributed by atoms with van der Waals surface area (Å²) in [6.07, 6.45) is 1.82. The third kappa shape index (κ3) is 5.23. The summed E-state index contributed by atoms with van der Waals surface area (Å²) in [5, 5.41) is 15.3. The summed E-state index contributed by atoms with van der Waals surface area (Å²) in [4.78, 5) is 12.0. The van der Waals surface area contributed by atoms with Crippen LogP contribution in [0.5, 0.6) is 0 Å². The van der Waals surface area contributed by atoms with Gasteiger partial charge in [-0.05, 0) is 39.2 Å². The number of nitrogens with one attached hydrogen (secondary N) is 2. The van der Waals surface area contributed by atoms with Crippen LogP contribution in [-0.4, -0.2) is 36.2 Å². The number of carbonyl (C=O) groups excluding carboxylic acids is 1. The Hall–Kier alpha value is -0.320. The highest BCUT2D eigenvalue weighted by molar-refractivity contribution is 5.85. The Morgan fingerprint density at radius 1 is 1.53 bits per heavy atom. The fourth-order valence-corrected chi connectivity index (χ4v) is 2.01. The zero-order chi connectivity index (χ0) is 12.1. The maximum Gasteiger partial charge on any atom is 0.223 e. The summed E-state index contributed by atoms with van der Waals surface area (Å²) < 4.78 is 0. The molecule has 4 atom stereocenters. The molecule has 1 amide bonds. The van der Waals surface area contributed by atoms with E-state index in [1.165, 1.54) is 0 Å². The lowest BCUT2D eigenvalue weighted by Gasteiger charge is -2.29. The third-order valence-corrected chi connectivity index (χ3v) is 3.51. The van der Waals surface area contributed by atoms with E-state index in [2.05, 4.69) is 17.6 Å².